The van der Waals surface area contributed by atoms with Crippen molar-refractivity contribution in [3.05, 3.63) is 65.2 Å². The third-order valence-electron chi connectivity index (χ3n) is 4.83. The molecule has 3 aromatic rings. The lowest BCUT2D eigenvalue weighted by molar-refractivity contribution is 0.102. The van der Waals surface area contributed by atoms with Crippen molar-refractivity contribution in [2.45, 2.75) is 25.7 Å². The Balaban J connectivity index is 1.53. The molecule has 5 heteroatoms. The second-order valence-corrected chi connectivity index (χ2v) is 6.51. The van der Waals surface area contributed by atoms with Gasteiger partial charge in [0.1, 0.15) is 5.75 Å². The number of para-hydroxylation sites is 1. The molecule has 2 N–H and O–H groups in total. The number of rotatable bonds is 4. The summed E-state index contributed by atoms with van der Waals surface area (Å²) in [6.07, 6.45) is 4.59. The number of nitrogens with one attached hydrogen (secondary N) is 2. The standard InChI is InChI=1S/C21H21N3O2/c1-26-19-9-5-4-8-17(19)18-13-20(24-23-18)22-21(25)16-11-10-14-6-2-3-7-15(14)12-16/h4-5,8-13H,2-3,6-7H2,1H3,(H2,22,23,24,25). The first kappa shape index (κ1) is 16.4. The van der Waals surface area contributed by atoms with E-state index in [9.17, 15) is 4.79 Å². The van der Waals surface area contributed by atoms with Crippen LogP contribution in [0, 0.1) is 0 Å². The molecular formula is C21H21N3O2. The number of aryl methyl sites for hydroxylation is 2. The molecule has 0 fully saturated rings. The third-order valence-corrected chi connectivity index (χ3v) is 4.83. The quantitative estimate of drug-likeness (QED) is 0.743. The lowest BCUT2D eigenvalue weighted by atomic mass is 9.90. The first-order valence-corrected chi connectivity index (χ1v) is 8.86. The number of hydrogen-bond donors (Lipinski definition) is 2. The second kappa shape index (κ2) is 7.04. The largest absolute Gasteiger partial charge is 0.496 e. The summed E-state index contributed by atoms with van der Waals surface area (Å²) in [6.45, 7) is 0. The van der Waals surface area contributed by atoms with Gasteiger partial charge >= 0.3 is 0 Å². The topological polar surface area (TPSA) is 67.0 Å². The molecule has 0 unspecified atom stereocenters. The highest BCUT2D eigenvalue weighted by Crippen LogP contribution is 2.29. The molecule has 1 heterocycles. The van der Waals surface area contributed by atoms with Gasteiger partial charge in [-0.15, -0.1) is 0 Å². The van der Waals surface area contributed by atoms with E-state index < -0.39 is 0 Å². The third kappa shape index (κ3) is 3.20. The van der Waals surface area contributed by atoms with E-state index in [-0.39, 0.29) is 5.91 Å². The molecule has 0 spiro atoms. The predicted molar refractivity (Wildman–Crippen MR) is 102 cm³/mol. The summed E-state index contributed by atoms with van der Waals surface area (Å²) in [5, 5.41) is 10.0. The number of carbonyl (C=O) groups excluding carboxylic acids is 1. The van der Waals surface area contributed by atoms with Crippen LogP contribution < -0.4 is 10.1 Å². The molecule has 0 saturated carbocycles. The molecule has 1 aliphatic carbocycles. The fourth-order valence-electron chi connectivity index (χ4n) is 3.45. The minimum Gasteiger partial charge on any atom is -0.496 e. The zero-order valence-corrected chi connectivity index (χ0v) is 14.7. The molecule has 0 aliphatic heterocycles. The lowest BCUT2D eigenvalue weighted by Gasteiger charge is -2.16. The Morgan fingerprint density at radius 1 is 1.08 bits per heavy atom. The molecule has 26 heavy (non-hydrogen) atoms. The first-order valence-electron chi connectivity index (χ1n) is 8.86. The molecule has 1 aromatic heterocycles. The molecular weight excluding hydrogens is 326 g/mol. The number of anilines is 1. The van der Waals surface area contributed by atoms with Crippen LogP contribution >= 0.6 is 0 Å². The second-order valence-electron chi connectivity index (χ2n) is 6.51. The van der Waals surface area contributed by atoms with Gasteiger partial charge < -0.3 is 10.1 Å². The highest BCUT2D eigenvalue weighted by molar-refractivity contribution is 6.04. The SMILES string of the molecule is COc1ccccc1-c1cc(NC(=O)c2ccc3c(c2)CCCC3)n[nH]1. The molecule has 0 radical (unpaired) electrons. The summed E-state index contributed by atoms with van der Waals surface area (Å²) < 4.78 is 5.38. The summed E-state index contributed by atoms with van der Waals surface area (Å²) >= 11 is 0. The van der Waals surface area contributed by atoms with Crippen LogP contribution in [0.15, 0.2) is 48.5 Å². The van der Waals surface area contributed by atoms with Crippen LogP contribution in [-0.2, 0) is 12.8 Å². The summed E-state index contributed by atoms with van der Waals surface area (Å²) in [4.78, 5) is 12.6. The maximum atomic E-state index is 12.6. The number of methoxy groups -OCH3 is 1. The Hall–Kier alpha value is -3.08. The van der Waals surface area contributed by atoms with Crippen LogP contribution in [0.5, 0.6) is 5.75 Å². The smallest absolute Gasteiger partial charge is 0.256 e. The number of benzene rings is 2. The van der Waals surface area contributed by atoms with Crippen molar-refractivity contribution in [2.24, 2.45) is 0 Å². The van der Waals surface area contributed by atoms with Crippen LogP contribution in [0.1, 0.15) is 34.3 Å². The Morgan fingerprint density at radius 2 is 1.88 bits per heavy atom. The van der Waals surface area contributed by atoms with Gasteiger partial charge in [-0.25, -0.2) is 0 Å². The van der Waals surface area contributed by atoms with Gasteiger partial charge in [-0.3, -0.25) is 9.89 Å². The molecule has 0 bridgehead atoms. The average molecular weight is 347 g/mol. The first-order chi connectivity index (χ1) is 12.7. The Labute approximate surface area is 152 Å². The molecule has 4 rings (SSSR count). The number of H-pyrrole nitrogens is 1. The zero-order valence-electron chi connectivity index (χ0n) is 14.7. The fraction of sp³-hybridized carbons (Fsp3) is 0.238. The Bertz CT molecular complexity index is 946. The van der Waals surface area contributed by atoms with Gasteiger partial charge in [0.2, 0.25) is 0 Å². The van der Waals surface area contributed by atoms with Crippen LogP contribution in [0.3, 0.4) is 0 Å². The maximum Gasteiger partial charge on any atom is 0.256 e. The van der Waals surface area contributed by atoms with Gasteiger partial charge in [-0.05, 0) is 61.1 Å². The van der Waals surface area contributed by atoms with E-state index in [0.29, 0.717) is 11.4 Å². The predicted octanol–water partition coefficient (Wildman–Crippen LogP) is 4.22. The average Bonchev–Trinajstić information content (AvgIpc) is 3.15. The number of ether oxygens (including phenoxy) is 1. The van der Waals surface area contributed by atoms with Crippen molar-refractivity contribution in [3.63, 3.8) is 0 Å². The van der Waals surface area contributed by atoms with Crippen molar-refractivity contribution in [1.82, 2.24) is 10.2 Å². The van der Waals surface area contributed by atoms with Crippen LogP contribution in [0.4, 0.5) is 5.82 Å². The molecule has 1 aliphatic rings. The summed E-state index contributed by atoms with van der Waals surface area (Å²) in [5.74, 6) is 1.11. The van der Waals surface area contributed by atoms with E-state index in [0.717, 1.165) is 29.8 Å². The molecule has 0 atom stereocenters. The molecule has 1 amide bonds. The minimum atomic E-state index is -0.142. The minimum absolute atomic E-state index is 0.142. The normalized spacial score (nSPS) is 13.1. The van der Waals surface area contributed by atoms with Crippen LogP contribution in [0.25, 0.3) is 11.3 Å². The van der Waals surface area contributed by atoms with E-state index in [2.05, 4.69) is 21.6 Å². The molecule has 5 nitrogen and oxygen atoms in total. The van der Waals surface area contributed by atoms with E-state index >= 15 is 0 Å². The van der Waals surface area contributed by atoms with Crippen molar-refractivity contribution in [1.29, 1.82) is 0 Å². The van der Waals surface area contributed by atoms with E-state index in [1.54, 1.807) is 7.11 Å². The number of nitrogens with zero attached hydrogens (tertiary/aromatic N) is 1. The number of fused-ring (bicyclic) bond motifs is 1. The zero-order chi connectivity index (χ0) is 17.9. The van der Waals surface area contributed by atoms with Gasteiger partial charge in [0.25, 0.3) is 5.91 Å². The lowest BCUT2D eigenvalue weighted by Crippen LogP contribution is -2.13. The van der Waals surface area contributed by atoms with Crippen LogP contribution in [0.2, 0.25) is 0 Å². The monoisotopic (exact) mass is 347 g/mol. The number of aromatic nitrogens is 2. The summed E-state index contributed by atoms with van der Waals surface area (Å²) in [6, 6.07) is 15.5. The van der Waals surface area contributed by atoms with Gasteiger partial charge in [0.15, 0.2) is 5.82 Å². The summed E-state index contributed by atoms with van der Waals surface area (Å²) in [5.41, 5.74) is 5.03. The van der Waals surface area contributed by atoms with Crippen molar-refractivity contribution in [2.75, 3.05) is 12.4 Å². The molecule has 0 saturated heterocycles. The van der Waals surface area contributed by atoms with Crippen molar-refractivity contribution in [3.8, 4) is 17.0 Å². The van der Waals surface area contributed by atoms with E-state index in [1.165, 1.54) is 24.0 Å². The van der Waals surface area contributed by atoms with Crippen molar-refractivity contribution < 1.29 is 9.53 Å². The number of carbonyl (C=O) groups is 1. The maximum absolute atomic E-state index is 12.6. The van der Waals surface area contributed by atoms with E-state index in [1.807, 2.05) is 42.5 Å². The van der Waals surface area contributed by atoms with Gasteiger partial charge in [-0.2, -0.15) is 5.10 Å². The van der Waals surface area contributed by atoms with Crippen molar-refractivity contribution >= 4 is 11.7 Å². The van der Waals surface area contributed by atoms with Gasteiger partial charge in [0.05, 0.1) is 12.8 Å². The number of amides is 1. The number of aromatic amines is 1. The Kier molecular flexibility index (Phi) is 4.44. The summed E-state index contributed by atoms with van der Waals surface area (Å²) in [7, 11) is 1.63. The van der Waals surface area contributed by atoms with Crippen LogP contribution in [-0.4, -0.2) is 23.2 Å². The van der Waals surface area contributed by atoms with Gasteiger partial charge in [0, 0.05) is 17.2 Å². The Morgan fingerprint density at radius 3 is 2.73 bits per heavy atom. The number of hydrogen-bond acceptors (Lipinski definition) is 3. The fourth-order valence-corrected chi connectivity index (χ4v) is 3.45. The molecule has 2 aromatic carbocycles. The highest BCUT2D eigenvalue weighted by atomic mass is 16.5. The van der Waals surface area contributed by atoms with Gasteiger partial charge in [-0.1, -0.05) is 18.2 Å². The highest BCUT2D eigenvalue weighted by Gasteiger charge is 2.15. The van der Waals surface area contributed by atoms with E-state index in [4.69, 9.17) is 4.74 Å². The molecule has 132 valence electrons.